The third kappa shape index (κ3) is 3.34. The molecule has 2 N–H and O–H groups in total. The molecule has 2 aliphatic heterocycles. The molecule has 0 amide bonds. The first kappa shape index (κ1) is 17.8. The van der Waals surface area contributed by atoms with Crippen LogP contribution in [0.25, 0.3) is 22.5 Å². The van der Waals surface area contributed by atoms with Crippen LogP contribution in [-0.4, -0.2) is 50.6 Å². The van der Waals surface area contributed by atoms with E-state index in [1.54, 1.807) is 12.4 Å². The average molecular weight is 386 g/mol. The molecule has 3 aromatic heterocycles. The van der Waals surface area contributed by atoms with Crippen LogP contribution in [0.4, 0.5) is 5.82 Å². The highest BCUT2D eigenvalue weighted by Crippen LogP contribution is 2.31. The van der Waals surface area contributed by atoms with Crippen molar-refractivity contribution in [3.8, 4) is 28.6 Å². The van der Waals surface area contributed by atoms with Crippen LogP contribution in [-0.2, 0) is 0 Å². The van der Waals surface area contributed by atoms with Crippen LogP contribution < -0.4 is 10.2 Å². The van der Waals surface area contributed by atoms with Crippen LogP contribution in [0.3, 0.4) is 0 Å². The van der Waals surface area contributed by atoms with E-state index in [4.69, 9.17) is 0 Å². The van der Waals surface area contributed by atoms with E-state index in [9.17, 15) is 5.26 Å². The van der Waals surface area contributed by atoms with Gasteiger partial charge >= 0.3 is 0 Å². The summed E-state index contributed by atoms with van der Waals surface area (Å²) in [5.41, 5.74) is 3.21. The van der Waals surface area contributed by atoms with E-state index in [0.717, 1.165) is 29.8 Å². The fraction of sp³-hybridized carbons (Fsp3) is 0.381. The minimum absolute atomic E-state index is 0.345. The van der Waals surface area contributed by atoms with Crippen LogP contribution in [0.5, 0.6) is 0 Å². The quantitative estimate of drug-likeness (QED) is 0.709. The SMILES string of the molecule is CN(c1ccc(-c2ccc(-c3cn[nH]c3)c(C#N)n2)nn1)C1CC2CCC(C1)N2. The molecule has 2 aliphatic rings. The lowest BCUT2D eigenvalue weighted by Crippen LogP contribution is -2.47. The van der Waals surface area contributed by atoms with E-state index in [-0.39, 0.29) is 0 Å². The maximum Gasteiger partial charge on any atom is 0.151 e. The van der Waals surface area contributed by atoms with Crippen LogP contribution >= 0.6 is 0 Å². The average Bonchev–Trinajstić information content (AvgIpc) is 3.42. The van der Waals surface area contributed by atoms with Crippen LogP contribution in [0.15, 0.2) is 36.7 Å². The Hall–Kier alpha value is -3.31. The number of hydrogen-bond donors (Lipinski definition) is 2. The van der Waals surface area contributed by atoms with E-state index in [2.05, 4.69) is 48.7 Å². The predicted molar refractivity (Wildman–Crippen MR) is 109 cm³/mol. The summed E-state index contributed by atoms with van der Waals surface area (Å²) in [4.78, 5) is 6.73. The van der Waals surface area contributed by atoms with E-state index in [1.165, 1.54) is 12.8 Å². The van der Waals surface area contributed by atoms with Gasteiger partial charge in [0.15, 0.2) is 5.82 Å². The molecule has 2 atom stereocenters. The summed E-state index contributed by atoms with van der Waals surface area (Å²) in [6, 6.07) is 11.6. The molecule has 8 heteroatoms. The number of nitrogens with zero attached hydrogens (tertiary/aromatic N) is 6. The molecule has 29 heavy (non-hydrogen) atoms. The third-order valence-corrected chi connectivity index (χ3v) is 6.08. The van der Waals surface area contributed by atoms with Gasteiger partial charge in [0.1, 0.15) is 17.5 Å². The Bertz CT molecular complexity index is 1030. The van der Waals surface area contributed by atoms with Gasteiger partial charge in [0, 0.05) is 42.5 Å². The highest BCUT2D eigenvalue weighted by molar-refractivity contribution is 5.70. The lowest BCUT2D eigenvalue weighted by atomic mass is 9.98. The second kappa shape index (κ2) is 7.26. The lowest BCUT2D eigenvalue weighted by Gasteiger charge is -2.36. The van der Waals surface area contributed by atoms with Gasteiger partial charge in [0.05, 0.1) is 11.9 Å². The van der Waals surface area contributed by atoms with Gasteiger partial charge in [-0.15, -0.1) is 10.2 Å². The number of nitriles is 1. The summed E-state index contributed by atoms with van der Waals surface area (Å²) in [7, 11) is 2.10. The molecule has 8 nitrogen and oxygen atoms in total. The number of anilines is 1. The first-order chi connectivity index (χ1) is 14.2. The summed E-state index contributed by atoms with van der Waals surface area (Å²) in [5, 5.41) is 28.7. The standard InChI is InChI=1S/C21H22N8/c1-29(16-8-14-2-3-15(9-16)25-14)21-7-6-19(27-28-21)18-5-4-17(20(10-22)26-18)13-11-23-24-12-13/h4-7,11-12,14-16,25H,2-3,8-9H2,1H3,(H,23,24). The maximum absolute atomic E-state index is 9.51. The zero-order valence-electron chi connectivity index (χ0n) is 16.2. The van der Waals surface area contributed by atoms with E-state index in [0.29, 0.717) is 35.2 Å². The van der Waals surface area contributed by atoms with Gasteiger partial charge in [0.2, 0.25) is 0 Å². The smallest absolute Gasteiger partial charge is 0.151 e. The Labute approximate surface area is 169 Å². The molecule has 0 aliphatic carbocycles. The van der Waals surface area contributed by atoms with Gasteiger partial charge in [-0.3, -0.25) is 5.10 Å². The zero-order chi connectivity index (χ0) is 19.8. The van der Waals surface area contributed by atoms with Crippen molar-refractivity contribution < 1.29 is 0 Å². The van der Waals surface area contributed by atoms with E-state index < -0.39 is 0 Å². The van der Waals surface area contributed by atoms with Crippen molar-refractivity contribution in [3.63, 3.8) is 0 Å². The highest BCUT2D eigenvalue weighted by Gasteiger charge is 2.35. The number of aromatic amines is 1. The van der Waals surface area contributed by atoms with Gasteiger partial charge in [-0.25, -0.2) is 4.98 Å². The summed E-state index contributed by atoms with van der Waals surface area (Å²) in [6.45, 7) is 0. The number of H-pyrrole nitrogens is 1. The fourth-order valence-corrected chi connectivity index (χ4v) is 4.50. The molecule has 3 aromatic rings. The number of rotatable bonds is 4. The number of nitrogens with one attached hydrogen (secondary N) is 2. The first-order valence-electron chi connectivity index (χ1n) is 9.94. The molecule has 2 saturated heterocycles. The minimum Gasteiger partial charge on any atom is -0.355 e. The van der Waals surface area contributed by atoms with E-state index in [1.807, 2.05) is 24.3 Å². The molecule has 0 radical (unpaired) electrons. The molecule has 5 rings (SSSR count). The van der Waals surface area contributed by atoms with Crippen molar-refractivity contribution >= 4 is 5.82 Å². The number of aromatic nitrogens is 5. The van der Waals surface area contributed by atoms with Crippen molar-refractivity contribution in [1.29, 1.82) is 5.26 Å². The molecule has 2 unspecified atom stereocenters. The minimum atomic E-state index is 0.345. The van der Waals surface area contributed by atoms with Crippen LogP contribution in [0.2, 0.25) is 0 Å². The molecule has 0 spiro atoms. The van der Waals surface area contributed by atoms with Crippen molar-refractivity contribution in [2.24, 2.45) is 0 Å². The Morgan fingerprint density at radius 1 is 1.07 bits per heavy atom. The number of piperidine rings is 1. The second-order valence-corrected chi connectivity index (χ2v) is 7.84. The number of pyridine rings is 1. The second-order valence-electron chi connectivity index (χ2n) is 7.84. The highest BCUT2D eigenvalue weighted by atomic mass is 15.3. The largest absolute Gasteiger partial charge is 0.355 e. The Balaban J connectivity index is 1.37. The van der Waals surface area contributed by atoms with Gasteiger partial charge in [0.25, 0.3) is 0 Å². The monoisotopic (exact) mass is 386 g/mol. The van der Waals surface area contributed by atoms with Crippen LogP contribution in [0, 0.1) is 11.3 Å². The fourth-order valence-electron chi connectivity index (χ4n) is 4.50. The first-order valence-corrected chi connectivity index (χ1v) is 9.94. The molecule has 2 fully saturated rings. The summed E-state index contributed by atoms with van der Waals surface area (Å²) in [5.74, 6) is 0.871. The topological polar surface area (TPSA) is 106 Å². The molecule has 0 aromatic carbocycles. The van der Waals surface area contributed by atoms with Crippen molar-refractivity contribution in [1.82, 2.24) is 30.7 Å². The zero-order valence-corrected chi connectivity index (χ0v) is 16.2. The van der Waals surface area contributed by atoms with Crippen LogP contribution in [0.1, 0.15) is 31.4 Å². The third-order valence-electron chi connectivity index (χ3n) is 6.08. The van der Waals surface area contributed by atoms with Gasteiger partial charge < -0.3 is 10.2 Å². The molecular formula is C21H22N8. The molecule has 0 saturated carbocycles. The molecular weight excluding hydrogens is 364 g/mol. The predicted octanol–water partition coefficient (Wildman–Crippen LogP) is 2.52. The van der Waals surface area contributed by atoms with Gasteiger partial charge in [-0.1, -0.05) is 0 Å². The number of hydrogen-bond acceptors (Lipinski definition) is 7. The van der Waals surface area contributed by atoms with E-state index >= 15 is 0 Å². The Morgan fingerprint density at radius 2 is 1.86 bits per heavy atom. The van der Waals surface area contributed by atoms with Gasteiger partial charge in [-0.05, 0) is 49.9 Å². The maximum atomic E-state index is 9.51. The normalized spacial score (nSPS) is 23.0. The molecule has 5 heterocycles. The summed E-state index contributed by atoms with van der Waals surface area (Å²) in [6.07, 6.45) is 8.28. The Kier molecular flexibility index (Phi) is 4.45. The molecule has 2 bridgehead atoms. The summed E-state index contributed by atoms with van der Waals surface area (Å²) < 4.78 is 0. The lowest BCUT2D eigenvalue weighted by molar-refractivity contribution is 0.353. The van der Waals surface area contributed by atoms with Crippen molar-refractivity contribution in [2.75, 3.05) is 11.9 Å². The summed E-state index contributed by atoms with van der Waals surface area (Å²) >= 11 is 0. The van der Waals surface area contributed by atoms with Crippen molar-refractivity contribution in [3.05, 3.63) is 42.4 Å². The van der Waals surface area contributed by atoms with Gasteiger partial charge in [-0.2, -0.15) is 10.4 Å². The molecule has 146 valence electrons. The Morgan fingerprint density at radius 3 is 2.52 bits per heavy atom. The van der Waals surface area contributed by atoms with Crippen molar-refractivity contribution in [2.45, 2.75) is 43.8 Å². The number of fused-ring (bicyclic) bond motifs is 2.